The first-order valence-electron chi connectivity index (χ1n) is 28.2. The zero-order chi connectivity index (χ0) is 46.3. The van der Waals surface area contributed by atoms with E-state index in [9.17, 15) is 9.59 Å². The molecular weight excluding hydrogens is 789 g/mol. The fourth-order valence-corrected chi connectivity index (χ4v) is 8.10. The summed E-state index contributed by atoms with van der Waals surface area (Å²) in [7, 11) is 0. The van der Waals surface area contributed by atoms with Gasteiger partial charge in [0.1, 0.15) is 6.61 Å². The highest BCUT2D eigenvalue weighted by Gasteiger charge is 2.17. The second kappa shape index (κ2) is 55.2. The molecule has 0 spiro atoms. The first-order valence-corrected chi connectivity index (χ1v) is 28.2. The van der Waals surface area contributed by atoms with E-state index in [0.717, 1.165) is 70.6 Å². The Kier molecular flexibility index (Phi) is 53.3. The molecule has 0 saturated heterocycles. The van der Waals surface area contributed by atoms with Crippen molar-refractivity contribution in [2.24, 2.45) is 0 Å². The van der Waals surface area contributed by atoms with Crippen molar-refractivity contribution in [2.45, 2.75) is 297 Å². The van der Waals surface area contributed by atoms with Crippen molar-refractivity contribution in [3.63, 3.8) is 0 Å². The Labute approximate surface area is 399 Å². The van der Waals surface area contributed by atoms with Gasteiger partial charge in [-0.3, -0.25) is 9.59 Å². The highest BCUT2D eigenvalue weighted by Crippen LogP contribution is 2.15. The zero-order valence-corrected chi connectivity index (χ0v) is 43.1. The average molecular weight is 898 g/mol. The van der Waals surface area contributed by atoms with Gasteiger partial charge in [-0.15, -0.1) is 0 Å². The molecule has 0 aromatic carbocycles. The maximum atomic E-state index is 12.8. The summed E-state index contributed by atoms with van der Waals surface area (Å²) in [5.41, 5.74) is 0. The third kappa shape index (κ3) is 52.5. The second-order valence-electron chi connectivity index (χ2n) is 18.8. The molecule has 0 amide bonds. The molecule has 0 aromatic heterocycles. The predicted octanol–water partition coefficient (Wildman–Crippen LogP) is 19.1. The van der Waals surface area contributed by atoms with E-state index in [-0.39, 0.29) is 25.2 Å². The van der Waals surface area contributed by atoms with E-state index in [0.29, 0.717) is 19.4 Å². The Balaban J connectivity index is 4.29. The summed E-state index contributed by atoms with van der Waals surface area (Å²) in [4.78, 5) is 25.5. The number of esters is 2. The molecule has 0 unspecified atom stereocenters. The van der Waals surface area contributed by atoms with Crippen LogP contribution in [-0.4, -0.2) is 37.9 Å². The lowest BCUT2D eigenvalue weighted by Gasteiger charge is -2.18. The number of rotatable bonds is 52. The summed E-state index contributed by atoms with van der Waals surface area (Å²) >= 11 is 0. The van der Waals surface area contributed by atoms with Crippen LogP contribution < -0.4 is 0 Å². The lowest BCUT2D eigenvalue weighted by atomic mass is 10.0. The molecule has 0 N–H and O–H groups in total. The molecule has 374 valence electrons. The van der Waals surface area contributed by atoms with Gasteiger partial charge < -0.3 is 14.2 Å². The topological polar surface area (TPSA) is 61.8 Å². The second-order valence-corrected chi connectivity index (χ2v) is 18.8. The molecule has 1 atom stereocenters. The molecule has 0 bridgehead atoms. The fourth-order valence-electron chi connectivity index (χ4n) is 8.10. The standard InChI is InChI=1S/C59H108O5/c1-4-7-10-13-16-19-22-25-28-30-32-35-38-41-44-47-50-53-59(61)64-57(55-62-54-51-48-45-42-39-36-33-29-26-23-20-17-14-11-8-5-2)56-63-58(60)52-49-46-43-40-37-34-31-27-24-21-18-15-12-9-6-3/h16,19,21,24-25,28,32,35,57H,4-15,17-18,20,22-23,26-27,29-31,33-34,36-56H2,1-3H3/b19-16-,24-21-,28-25-,35-32-/t57-/m1/s1. The number of hydrogen-bond acceptors (Lipinski definition) is 5. The van der Waals surface area contributed by atoms with Gasteiger partial charge >= 0.3 is 11.9 Å². The minimum Gasteiger partial charge on any atom is -0.462 e. The Bertz CT molecular complexity index is 1060. The van der Waals surface area contributed by atoms with Crippen LogP contribution in [0.25, 0.3) is 0 Å². The van der Waals surface area contributed by atoms with Crippen molar-refractivity contribution in [2.75, 3.05) is 19.8 Å². The van der Waals surface area contributed by atoms with Gasteiger partial charge in [0.15, 0.2) is 6.10 Å². The van der Waals surface area contributed by atoms with E-state index in [1.54, 1.807) is 0 Å². The van der Waals surface area contributed by atoms with Crippen molar-refractivity contribution in [3.8, 4) is 0 Å². The molecule has 5 heteroatoms. The molecule has 5 nitrogen and oxygen atoms in total. The maximum absolute atomic E-state index is 12.8. The van der Waals surface area contributed by atoms with Crippen molar-refractivity contribution in [3.05, 3.63) is 48.6 Å². The maximum Gasteiger partial charge on any atom is 0.306 e. The van der Waals surface area contributed by atoms with Crippen LogP contribution in [-0.2, 0) is 23.8 Å². The summed E-state index contributed by atoms with van der Waals surface area (Å²) in [6.07, 6.45) is 68.3. The van der Waals surface area contributed by atoms with Gasteiger partial charge in [0.2, 0.25) is 0 Å². The summed E-state index contributed by atoms with van der Waals surface area (Å²) in [5, 5.41) is 0. The van der Waals surface area contributed by atoms with Crippen LogP contribution in [0.4, 0.5) is 0 Å². The molecule has 0 rings (SSSR count). The van der Waals surface area contributed by atoms with Crippen LogP contribution in [0.15, 0.2) is 48.6 Å². The molecule has 0 aliphatic rings. The van der Waals surface area contributed by atoms with E-state index in [4.69, 9.17) is 14.2 Å². The summed E-state index contributed by atoms with van der Waals surface area (Å²) < 4.78 is 17.5. The van der Waals surface area contributed by atoms with Gasteiger partial charge in [-0.2, -0.15) is 0 Å². The van der Waals surface area contributed by atoms with Gasteiger partial charge in [-0.05, 0) is 83.5 Å². The quantitative estimate of drug-likeness (QED) is 0.0346. The number of allylic oxidation sites excluding steroid dienone is 8. The molecule has 0 heterocycles. The number of unbranched alkanes of at least 4 members (excludes halogenated alkanes) is 33. The summed E-state index contributed by atoms with van der Waals surface area (Å²) in [6, 6.07) is 0. The van der Waals surface area contributed by atoms with Crippen LogP contribution in [0, 0.1) is 0 Å². The monoisotopic (exact) mass is 897 g/mol. The molecule has 0 fully saturated rings. The van der Waals surface area contributed by atoms with Crippen molar-refractivity contribution in [1.29, 1.82) is 0 Å². The largest absolute Gasteiger partial charge is 0.462 e. The first kappa shape index (κ1) is 61.9. The van der Waals surface area contributed by atoms with Gasteiger partial charge in [-0.1, -0.05) is 243 Å². The Hall–Kier alpha value is -2.14. The normalized spacial score (nSPS) is 12.5. The number of carbonyl (C=O) groups excluding carboxylic acids is 2. The van der Waals surface area contributed by atoms with Crippen molar-refractivity contribution in [1.82, 2.24) is 0 Å². The van der Waals surface area contributed by atoms with Gasteiger partial charge in [-0.25, -0.2) is 0 Å². The SMILES string of the molecule is CCCCC/C=C\C/C=C\C/C=C\CCCCCCC(=O)O[C@H](COCCCCCCCCCCCCCCCCCC)COC(=O)CCCCCCCCC/C=C\CCCCCC. The zero-order valence-electron chi connectivity index (χ0n) is 43.1. The molecular formula is C59H108O5. The first-order chi connectivity index (χ1) is 31.6. The number of ether oxygens (including phenoxy) is 3. The Morgan fingerprint density at radius 2 is 0.656 bits per heavy atom. The molecule has 64 heavy (non-hydrogen) atoms. The van der Waals surface area contributed by atoms with Crippen LogP contribution in [0.3, 0.4) is 0 Å². The molecule has 0 saturated carbocycles. The Morgan fingerprint density at radius 1 is 0.344 bits per heavy atom. The molecule has 0 radical (unpaired) electrons. The highest BCUT2D eigenvalue weighted by molar-refractivity contribution is 5.70. The molecule has 0 aliphatic heterocycles. The van der Waals surface area contributed by atoms with Crippen LogP contribution in [0.2, 0.25) is 0 Å². The van der Waals surface area contributed by atoms with E-state index >= 15 is 0 Å². The van der Waals surface area contributed by atoms with E-state index < -0.39 is 6.10 Å². The highest BCUT2D eigenvalue weighted by atomic mass is 16.6. The lowest BCUT2D eigenvalue weighted by Crippen LogP contribution is -2.30. The fraction of sp³-hybridized carbons (Fsp3) is 0.831. The third-order valence-corrected chi connectivity index (χ3v) is 12.3. The van der Waals surface area contributed by atoms with Gasteiger partial charge in [0.05, 0.1) is 6.61 Å². The van der Waals surface area contributed by atoms with E-state index in [1.807, 2.05) is 0 Å². The van der Waals surface area contributed by atoms with Crippen LogP contribution >= 0.6 is 0 Å². The van der Waals surface area contributed by atoms with Crippen molar-refractivity contribution < 1.29 is 23.8 Å². The average Bonchev–Trinajstić information content (AvgIpc) is 3.30. The molecule has 0 aliphatic carbocycles. The smallest absolute Gasteiger partial charge is 0.306 e. The number of carbonyl (C=O) groups is 2. The lowest BCUT2D eigenvalue weighted by molar-refractivity contribution is -0.163. The van der Waals surface area contributed by atoms with E-state index in [1.165, 1.54) is 186 Å². The minimum atomic E-state index is -0.547. The van der Waals surface area contributed by atoms with Crippen LogP contribution in [0.5, 0.6) is 0 Å². The number of hydrogen-bond donors (Lipinski definition) is 0. The molecule has 0 aromatic rings. The van der Waals surface area contributed by atoms with E-state index in [2.05, 4.69) is 69.4 Å². The van der Waals surface area contributed by atoms with Crippen molar-refractivity contribution >= 4 is 11.9 Å². The summed E-state index contributed by atoms with van der Waals surface area (Å²) in [6.45, 7) is 7.81. The predicted molar refractivity (Wildman–Crippen MR) is 279 cm³/mol. The van der Waals surface area contributed by atoms with Gasteiger partial charge in [0.25, 0.3) is 0 Å². The van der Waals surface area contributed by atoms with Crippen LogP contribution in [0.1, 0.15) is 290 Å². The third-order valence-electron chi connectivity index (χ3n) is 12.3. The Morgan fingerprint density at radius 3 is 1.11 bits per heavy atom. The van der Waals surface area contributed by atoms with Gasteiger partial charge in [0, 0.05) is 19.4 Å². The minimum absolute atomic E-state index is 0.0774. The summed E-state index contributed by atoms with van der Waals surface area (Å²) in [5.74, 6) is -0.413.